The van der Waals surface area contributed by atoms with Gasteiger partial charge in [0.25, 0.3) is 10.0 Å². The zero-order valence-corrected chi connectivity index (χ0v) is 15.0. The molecule has 0 bridgehead atoms. The fourth-order valence-electron chi connectivity index (χ4n) is 2.78. The number of aryl methyl sites for hydroxylation is 2. The Morgan fingerprint density at radius 1 is 1.19 bits per heavy atom. The Morgan fingerprint density at radius 2 is 1.85 bits per heavy atom. The molecule has 1 aliphatic rings. The Balaban J connectivity index is 1.86. The van der Waals surface area contributed by atoms with Gasteiger partial charge in [-0.15, -0.1) is 0 Å². The number of hydrogen-bond acceptors (Lipinski definition) is 8. The highest BCUT2D eigenvalue weighted by Gasteiger charge is 2.28. The number of amides is 1. The fraction of sp³-hybridized carbons (Fsp3) is 0.429. The van der Waals surface area contributed by atoms with E-state index in [-0.39, 0.29) is 22.2 Å². The average molecular weight is 382 g/mol. The van der Waals surface area contributed by atoms with E-state index in [0.717, 1.165) is 0 Å². The number of piperazine rings is 1. The highest BCUT2D eigenvalue weighted by molar-refractivity contribution is 7.92. The lowest BCUT2D eigenvalue weighted by Crippen LogP contribution is -2.48. The van der Waals surface area contributed by atoms with Crippen molar-refractivity contribution in [2.45, 2.75) is 18.7 Å². The molecular formula is C14H18N6O5S. The van der Waals surface area contributed by atoms with Crippen molar-refractivity contribution in [1.29, 1.82) is 0 Å². The predicted octanol–water partition coefficient (Wildman–Crippen LogP) is 0.682. The van der Waals surface area contributed by atoms with Gasteiger partial charge in [0.1, 0.15) is 5.69 Å². The van der Waals surface area contributed by atoms with Crippen LogP contribution in [0.3, 0.4) is 0 Å². The molecule has 1 amide bonds. The van der Waals surface area contributed by atoms with Crippen molar-refractivity contribution >= 4 is 27.8 Å². The van der Waals surface area contributed by atoms with Gasteiger partial charge in [0.15, 0.2) is 22.3 Å². The third-order valence-electron chi connectivity index (χ3n) is 4.00. The molecule has 2 N–H and O–H groups in total. The van der Waals surface area contributed by atoms with Crippen LogP contribution >= 0.6 is 0 Å². The van der Waals surface area contributed by atoms with Crippen molar-refractivity contribution in [3.8, 4) is 0 Å². The van der Waals surface area contributed by atoms with Gasteiger partial charge in [0, 0.05) is 38.6 Å². The molecule has 11 nitrogen and oxygen atoms in total. The maximum Gasteiger partial charge on any atom is 0.407 e. The molecule has 26 heavy (non-hydrogen) atoms. The number of hydrogen-bond donors (Lipinski definition) is 2. The topological polar surface area (TPSA) is 142 Å². The van der Waals surface area contributed by atoms with Crippen LogP contribution in [0.25, 0.3) is 0 Å². The molecule has 1 saturated heterocycles. The van der Waals surface area contributed by atoms with Gasteiger partial charge in [0.05, 0.1) is 0 Å². The molecule has 2 aromatic heterocycles. The maximum absolute atomic E-state index is 12.7. The number of nitrogens with one attached hydrogen (secondary N) is 1. The summed E-state index contributed by atoms with van der Waals surface area (Å²) in [5.41, 5.74) is 0.246. The van der Waals surface area contributed by atoms with Gasteiger partial charge in [-0.25, -0.2) is 23.2 Å². The second kappa shape index (κ2) is 6.78. The Morgan fingerprint density at radius 3 is 2.42 bits per heavy atom. The number of aromatic nitrogens is 3. The Kier molecular flexibility index (Phi) is 4.68. The fourth-order valence-corrected chi connectivity index (χ4v) is 4.12. The van der Waals surface area contributed by atoms with Gasteiger partial charge >= 0.3 is 6.09 Å². The Hall–Kier alpha value is -2.89. The van der Waals surface area contributed by atoms with Gasteiger partial charge in [0.2, 0.25) is 0 Å². The third kappa shape index (κ3) is 3.40. The maximum atomic E-state index is 12.7. The van der Waals surface area contributed by atoms with E-state index in [1.165, 1.54) is 31.1 Å². The lowest BCUT2D eigenvalue weighted by Gasteiger charge is -2.34. The second-order valence-electron chi connectivity index (χ2n) is 5.74. The van der Waals surface area contributed by atoms with Crippen LogP contribution < -0.4 is 9.62 Å². The smallest absolute Gasteiger partial charge is 0.407 e. The van der Waals surface area contributed by atoms with E-state index in [1.54, 1.807) is 4.90 Å². The van der Waals surface area contributed by atoms with Crippen LogP contribution in [-0.4, -0.2) is 65.8 Å². The summed E-state index contributed by atoms with van der Waals surface area (Å²) in [7, 11) is -3.96. The third-order valence-corrected chi connectivity index (χ3v) is 5.58. The summed E-state index contributed by atoms with van der Waals surface area (Å²) >= 11 is 0. The number of rotatable bonds is 4. The van der Waals surface area contributed by atoms with E-state index in [1.807, 2.05) is 0 Å². The van der Waals surface area contributed by atoms with Crippen molar-refractivity contribution in [2.75, 3.05) is 35.8 Å². The minimum absolute atomic E-state index is 0.0372. The average Bonchev–Trinajstić information content (AvgIpc) is 2.94. The van der Waals surface area contributed by atoms with Crippen LogP contribution in [0, 0.1) is 13.8 Å². The summed E-state index contributed by atoms with van der Waals surface area (Å²) in [5.74, 6) is 0.583. The van der Waals surface area contributed by atoms with Gasteiger partial charge in [-0.2, -0.15) is 0 Å². The molecule has 0 unspecified atom stereocenters. The molecule has 140 valence electrons. The van der Waals surface area contributed by atoms with Crippen LogP contribution in [0.1, 0.15) is 11.5 Å². The van der Waals surface area contributed by atoms with Crippen molar-refractivity contribution in [3.63, 3.8) is 0 Å². The van der Waals surface area contributed by atoms with E-state index in [2.05, 4.69) is 19.8 Å². The quantitative estimate of drug-likeness (QED) is 0.780. The van der Waals surface area contributed by atoms with E-state index in [9.17, 15) is 13.2 Å². The van der Waals surface area contributed by atoms with Crippen LogP contribution in [0.15, 0.2) is 21.8 Å². The highest BCUT2D eigenvalue weighted by atomic mass is 32.2. The lowest BCUT2D eigenvalue weighted by molar-refractivity contribution is 0.142. The minimum Gasteiger partial charge on any atom is -0.465 e. The van der Waals surface area contributed by atoms with E-state index < -0.39 is 16.1 Å². The first-order valence-electron chi connectivity index (χ1n) is 7.79. The zero-order valence-electron chi connectivity index (χ0n) is 14.2. The van der Waals surface area contributed by atoms with Crippen molar-refractivity contribution in [1.82, 2.24) is 20.0 Å². The molecule has 2 aromatic rings. The normalized spacial score (nSPS) is 15.2. The minimum atomic E-state index is -3.96. The molecular weight excluding hydrogens is 364 g/mol. The number of anilines is 2. The largest absolute Gasteiger partial charge is 0.465 e. The monoisotopic (exact) mass is 382 g/mol. The summed E-state index contributed by atoms with van der Waals surface area (Å²) in [6.07, 6.45) is 1.84. The van der Waals surface area contributed by atoms with Gasteiger partial charge in [-0.3, -0.25) is 4.72 Å². The number of sulfonamides is 1. The van der Waals surface area contributed by atoms with Crippen LogP contribution in [0.4, 0.5) is 16.4 Å². The second-order valence-corrected chi connectivity index (χ2v) is 7.36. The molecule has 3 rings (SSSR count). The molecule has 3 heterocycles. The summed E-state index contributed by atoms with van der Waals surface area (Å²) < 4.78 is 32.7. The number of nitrogens with zero attached hydrogens (tertiary/aromatic N) is 5. The van der Waals surface area contributed by atoms with Crippen molar-refractivity contribution in [2.24, 2.45) is 0 Å². The van der Waals surface area contributed by atoms with Crippen LogP contribution in [-0.2, 0) is 10.0 Å². The van der Waals surface area contributed by atoms with Crippen LogP contribution in [0.5, 0.6) is 0 Å². The number of carbonyl (C=O) groups is 1. The van der Waals surface area contributed by atoms with Crippen LogP contribution in [0.2, 0.25) is 0 Å². The summed E-state index contributed by atoms with van der Waals surface area (Å²) in [4.78, 5) is 22.4. The molecule has 0 radical (unpaired) electrons. The Labute approximate surface area is 149 Å². The zero-order chi connectivity index (χ0) is 18.9. The summed E-state index contributed by atoms with van der Waals surface area (Å²) in [6, 6.07) is 0. The standard InChI is InChI=1S/C14H18N6O5S/c1-9-11(10(2)25-17-9)26(23,24)18-12-13(16-4-3-15-12)19-5-7-20(8-6-19)14(21)22/h3-4H,5-8H2,1-2H3,(H,15,18)(H,21,22). The van der Waals surface area contributed by atoms with Crippen molar-refractivity contribution in [3.05, 3.63) is 23.8 Å². The molecule has 0 spiro atoms. The Bertz CT molecular complexity index is 900. The molecule has 1 fully saturated rings. The van der Waals surface area contributed by atoms with E-state index >= 15 is 0 Å². The molecule has 0 aliphatic carbocycles. The molecule has 1 aliphatic heterocycles. The highest BCUT2D eigenvalue weighted by Crippen LogP contribution is 2.26. The summed E-state index contributed by atoms with van der Waals surface area (Å²) in [5, 5.41) is 12.7. The van der Waals surface area contributed by atoms with Crippen molar-refractivity contribution < 1.29 is 22.8 Å². The van der Waals surface area contributed by atoms with E-state index in [4.69, 9.17) is 9.63 Å². The SMILES string of the molecule is Cc1noc(C)c1S(=O)(=O)Nc1nccnc1N1CCN(C(=O)O)CC1. The lowest BCUT2D eigenvalue weighted by atomic mass is 10.3. The van der Waals surface area contributed by atoms with Gasteiger partial charge in [-0.1, -0.05) is 5.16 Å². The molecule has 12 heteroatoms. The van der Waals surface area contributed by atoms with Gasteiger partial charge in [-0.05, 0) is 13.8 Å². The summed E-state index contributed by atoms with van der Waals surface area (Å²) in [6.45, 7) is 4.39. The first kappa shape index (κ1) is 17.9. The molecule has 0 atom stereocenters. The van der Waals surface area contributed by atoms with E-state index in [0.29, 0.717) is 32.0 Å². The first-order chi connectivity index (χ1) is 12.3. The van der Waals surface area contributed by atoms with Gasteiger partial charge < -0.3 is 19.4 Å². The molecule has 0 aromatic carbocycles. The molecule has 0 saturated carbocycles. The number of carboxylic acid groups (broad SMARTS) is 1. The first-order valence-corrected chi connectivity index (χ1v) is 9.27. The predicted molar refractivity (Wildman–Crippen MR) is 90.6 cm³/mol.